The van der Waals surface area contributed by atoms with Gasteiger partial charge in [-0.2, -0.15) is 0 Å². The second kappa shape index (κ2) is 4.45. The van der Waals surface area contributed by atoms with Crippen molar-refractivity contribution in [1.29, 1.82) is 0 Å². The lowest BCUT2D eigenvalue weighted by atomic mass is 10.0. The largest absolute Gasteiger partial charge is 0.367 e. The van der Waals surface area contributed by atoms with E-state index >= 15 is 0 Å². The monoisotopic (exact) mass is 192 g/mol. The van der Waals surface area contributed by atoms with Gasteiger partial charge >= 0.3 is 0 Å². The number of hydrogen-bond donors (Lipinski definition) is 0. The van der Waals surface area contributed by atoms with Gasteiger partial charge < -0.3 is 4.90 Å². The summed E-state index contributed by atoms with van der Waals surface area (Å²) in [6, 6.07) is 4.14. The van der Waals surface area contributed by atoms with Crippen molar-refractivity contribution in [2.24, 2.45) is 0 Å². The predicted octanol–water partition coefficient (Wildman–Crippen LogP) is 3.10. The molecule has 0 amide bonds. The molecule has 1 aromatic heterocycles. The van der Waals surface area contributed by atoms with Crippen molar-refractivity contribution in [3.8, 4) is 0 Å². The van der Waals surface area contributed by atoms with Gasteiger partial charge in [-0.15, -0.1) is 0 Å². The third-order valence-electron chi connectivity index (χ3n) is 2.23. The van der Waals surface area contributed by atoms with E-state index in [0.29, 0.717) is 0 Å². The van der Waals surface area contributed by atoms with Gasteiger partial charge in [0.05, 0.1) is 0 Å². The molecule has 0 aliphatic rings. The van der Waals surface area contributed by atoms with Crippen molar-refractivity contribution in [3.05, 3.63) is 24.5 Å². The lowest BCUT2D eigenvalue weighted by molar-refractivity contribution is 0.501. The first-order valence-corrected chi connectivity index (χ1v) is 5.23. The molecule has 0 atom stereocenters. The van der Waals surface area contributed by atoms with Crippen LogP contribution in [0, 0.1) is 0 Å². The molecular formula is C12H20N2. The molecule has 78 valence electrons. The molecular weight excluding hydrogens is 172 g/mol. The maximum Gasteiger partial charge on any atom is 0.0401 e. The molecule has 2 nitrogen and oxygen atoms in total. The molecule has 0 radical (unpaired) electrons. The van der Waals surface area contributed by atoms with Crippen LogP contribution in [0.2, 0.25) is 0 Å². The number of hydrogen-bond acceptors (Lipinski definition) is 2. The normalized spacial score (nSPS) is 11.4. The molecule has 0 N–H and O–H groups in total. The van der Waals surface area contributed by atoms with Crippen molar-refractivity contribution in [3.63, 3.8) is 0 Å². The van der Waals surface area contributed by atoms with E-state index in [0.717, 1.165) is 6.54 Å². The highest BCUT2D eigenvalue weighted by atomic mass is 15.2. The molecule has 2 heteroatoms. The van der Waals surface area contributed by atoms with Crippen LogP contribution in [0.1, 0.15) is 34.1 Å². The summed E-state index contributed by atoms with van der Waals surface area (Å²) in [5, 5.41) is 0. The highest BCUT2D eigenvalue weighted by Gasteiger charge is 2.20. The molecule has 14 heavy (non-hydrogen) atoms. The molecule has 0 fully saturated rings. The van der Waals surface area contributed by atoms with Crippen molar-refractivity contribution in [1.82, 2.24) is 4.98 Å². The first-order valence-electron chi connectivity index (χ1n) is 5.23. The molecule has 0 bridgehead atoms. The minimum Gasteiger partial charge on any atom is -0.367 e. The SMILES string of the molecule is CCCN(c1ccncc1)C(C)(C)C. The minimum atomic E-state index is 0.178. The van der Waals surface area contributed by atoms with Crippen molar-refractivity contribution >= 4 is 5.69 Å². The number of pyridine rings is 1. The van der Waals surface area contributed by atoms with E-state index in [2.05, 4.69) is 49.7 Å². The van der Waals surface area contributed by atoms with Gasteiger partial charge in [0.2, 0.25) is 0 Å². The molecule has 0 spiro atoms. The molecule has 0 aliphatic carbocycles. The third-order valence-corrected chi connectivity index (χ3v) is 2.23. The van der Waals surface area contributed by atoms with Gasteiger partial charge in [-0.05, 0) is 39.3 Å². The molecule has 0 unspecified atom stereocenters. The standard InChI is InChI=1S/C12H20N2/c1-5-10-14(12(2,3)4)11-6-8-13-9-7-11/h6-9H,5,10H2,1-4H3. The van der Waals surface area contributed by atoms with E-state index in [1.54, 1.807) is 0 Å². The molecule has 1 heterocycles. The highest BCUT2D eigenvalue weighted by molar-refractivity contribution is 5.46. The fourth-order valence-electron chi connectivity index (χ4n) is 1.60. The first kappa shape index (κ1) is 11.0. The Morgan fingerprint density at radius 3 is 2.21 bits per heavy atom. The number of anilines is 1. The van der Waals surface area contributed by atoms with E-state index in [4.69, 9.17) is 0 Å². The van der Waals surface area contributed by atoms with Crippen LogP contribution >= 0.6 is 0 Å². The zero-order valence-electron chi connectivity index (χ0n) is 9.62. The maximum absolute atomic E-state index is 4.04. The molecule has 0 aromatic carbocycles. The number of nitrogens with zero attached hydrogens (tertiary/aromatic N) is 2. The molecule has 0 saturated heterocycles. The molecule has 1 rings (SSSR count). The van der Waals surface area contributed by atoms with E-state index in [1.165, 1.54) is 12.1 Å². The van der Waals surface area contributed by atoms with Crippen LogP contribution in [0.3, 0.4) is 0 Å². The van der Waals surface area contributed by atoms with Crippen molar-refractivity contribution in [2.45, 2.75) is 39.7 Å². The number of aromatic nitrogens is 1. The van der Waals surface area contributed by atoms with Gasteiger partial charge in [-0.3, -0.25) is 4.98 Å². The van der Waals surface area contributed by atoms with Gasteiger partial charge in [0.15, 0.2) is 0 Å². The second-order valence-electron chi connectivity index (χ2n) is 4.53. The Bertz CT molecular complexity index is 261. The number of rotatable bonds is 3. The van der Waals surface area contributed by atoms with Crippen LogP contribution in [0.4, 0.5) is 5.69 Å². The van der Waals surface area contributed by atoms with Gasteiger partial charge in [0.25, 0.3) is 0 Å². The van der Waals surface area contributed by atoms with Gasteiger partial charge in [-0.25, -0.2) is 0 Å². The van der Waals surface area contributed by atoms with Crippen LogP contribution in [0.25, 0.3) is 0 Å². The van der Waals surface area contributed by atoms with Crippen LogP contribution in [0.15, 0.2) is 24.5 Å². The fraction of sp³-hybridized carbons (Fsp3) is 0.583. The van der Waals surface area contributed by atoms with Crippen LogP contribution in [-0.4, -0.2) is 17.1 Å². The van der Waals surface area contributed by atoms with Gasteiger partial charge in [0, 0.05) is 30.2 Å². The first-order chi connectivity index (χ1) is 6.55. The lowest BCUT2D eigenvalue weighted by Gasteiger charge is -2.37. The summed E-state index contributed by atoms with van der Waals surface area (Å²) < 4.78 is 0. The second-order valence-corrected chi connectivity index (χ2v) is 4.53. The average Bonchev–Trinajstić information content (AvgIpc) is 2.14. The minimum absolute atomic E-state index is 0.178. The predicted molar refractivity (Wildman–Crippen MR) is 61.6 cm³/mol. The Labute approximate surface area is 87.0 Å². The zero-order chi connectivity index (χ0) is 10.6. The Morgan fingerprint density at radius 1 is 1.21 bits per heavy atom. The van der Waals surface area contributed by atoms with E-state index in [9.17, 15) is 0 Å². The third kappa shape index (κ3) is 2.72. The summed E-state index contributed by atoms with van der Waals surface area (Å²) in [7, 11) is 0. The average molecular weight is 192 g/mol. The summed E-state index contributed by atoms with van der Waals surface area (Å²) >= 11 is 0. The zero-order valence-corrected chi connectivity index (χ0v) is 9.62. The Kier molecular flexibility index (Phi) is 3.50. The summed E-state index contributed by atoms with van der Waals surface area (Å²) in [6.45, 7) is 10.0. The quantitative estimate of drug-likeness (QED) is 0.731. The van der Waals surface area contributed by atoms with Gasteiger partial charge in [-0.1, -0.05) is 6.92 Å². The Morgan fingerprint density at radius 2 is 1.79 bits per heavy atom. The summed E-state index contributed by atoms with van der Waals surface area (Å²) in [5.41, 5.74) is 1.44. The van der Waals surface area contributed by atoms with E-state index in [1.807, 2.05) is 12.4 Å². The van der Waals surface area contributed by atoms with Gasteiger partial charge in [0.1, 0.15) is 0 Å². The van der Waals surface area contributed by atoms with Crippen LogP contribution < -0.4 is 4.90 Å². The fourth-order valence-corrected chi connectivity index (χ4v) is 1.60. The summed E-state index contributed by atoms with van der Waals surface area (Å²) in [5.74, 6) is 0. The Balaban J connectivity index is 2.89. The van der Waals surface area contributed by atoms with Crippen LogP contribution in [-0.2, 0) is 0 Å². The Hall–Kier alpha value is -1.05. The topological polar surface area (TPSA) is 16.1 Å². The lowest BCUT2D eigenvalue weighted by Crippen LogP contribution is -2.42. The summed E-state index contributed by atoms with van der Waals surface area (Å²) in [4.78, 5) is 6.45. The summed E-state index contributed by atoms with van der Waals surface area (Å²) in [6.07, 6.45) is 4.87. The van der Waals surface area contributed by atoms with E-state index < -0.39 is 0 Å². The molecule has 0 saturated carbocycles. The van der Waals surface area contributed by atoms with Crippen LogP contribution in [0.5, 0.6) is 0 Å². The molecule has 1 aromatic rings. The highest BCUT2D eigenvalue weighted by Crippen LogP contribution is 2.22. The molecule has 0 aliphatic heterocycles. The van der Waals surface area contributed by atoms with Crippen molar-refractivity contribution < 1.29 is 0 Å². The van der Waals surface area contributed by atoms with Crippen molar-refractivity contribution in [2.75, 3.05) is 11.4 Å². The maximum atomic E-state index is 4.04. The smallest absolute Gasteiger partial charge is 0.0401 e. The van der Waals surface area contributed by atoms with E-state index in [-0.39, 0.29) is 5.54 Å².